The molecule has 28 heavy (non-hydrogen) atoms. The Labute approximate surface area is 168 Å². The number of aromatic nitrogens is 2. The van der Waals surface area contributed by atoms with Crippen molar-refractivity contribution in [2.75, 3.05) is 7.05 Å². The summed E-state index contributed by atoms with van der Waals surface area (Å²) >= 11 is 1.63. The molecule has 146 valence electrons. The third-order valence-corrected chi connectivity index (χ3v) is 6.78. The van der Waals surface area contributed by atoms with Crippen LogP contribution in [0.3, 0.4) is 0 Å². The molecule has 0 aliphatic heterocycles. The van der Waals surface area contributed by atoms with Crippen LogP contribution >= 0.6 is 11.3 Å². The van der Waals surface area contributed by atoms with Gasteiger partial charge in [-0.2, -0.15) is 0 Å². The largest absolute Gasteiger partial charge is 0.340 e. The molecule has 0 fully saturated rings. The number of fused-ring (bicyclic) bond motifs is 3. The van der Waals surface area contributed by atoms with Crippen LogP contribution in [0.15, 0.2) is 29.3 Å². The quantitative estimate of drug-likeness (QED) is 0.678. The summed E-state index contributed by atoms with van der Waals surface area (Å²) < 4.78 is 1.46. The zero-order valence-corrected chi connectivity index (χ0v) is 17.4. The van der Waals surface area contributed by atoms with Crippen LogP contribution in [0.4, 0.5) is 0 Å². The predicted octanol–water partition coefficient (Wildman–Crippen LogP) is 3.61. The van der Waals surface area contributed by atoms with Crippen molar-refractivity contribution in [2.45, 2.75) is 52.6 Å². The number of likely N-dealkylation sites (N-methyl/N-ethyl adjacent to an activating group) is 1. The van der Waals surface area contributed by atoms with E-state index in [0.717, 1.165) is 40.6 Å². The Kier molecular flexibility index (Phi) is 5.06. The molecular weight excluding hydrogens is 370 g/mol. The second-order valence-corrected chi connectivity index (χ2v) is 8.83. The van der Waals surface area contributed by atoms with E-state index >= 15 is 0 Å². The molecule has 1 aromatic carbocycles. The van der Waals surface area contributed by atoms with Gasteiger partial charge in [0.05, 0.1) is 11.7 Å². The lowest BCUT2D eigenvalue weighted by molar-refractivity contribution is -0.131. The minimum atomic E-state index is -0.0904. The summed E-state index contributed by atoms with van der Waals surface area (Å²) in [5.74, 6) is -0.0904. The highest BCUT2D eigenvalue weighted by Crippen LogP contribution is 2.33. The molecule has 6 heteroatoms. The van der Waals surface area contributed by atoms with Crippen LogP contribution in [0.25, 0.3) is 10.2 Å². The molecule has 4 rings (SSSR count). The Morgan fingerprint density at radius 1 is 1.25 bits per heavy atom. The van der Waals surface area contributed by atoms with Crippen molar-refractivity contribution < 1.29 is 4.79 Å². The lowest BCUT2D eigenvalue weighted by Gasteiger charge is -2.19. The molecule has 1 aliphatic rings. The highest BCUT2D eigenvalue weighted by atomic mass is 32.1. The van der Waals surface area contributed by atoms with Gasteiger partial charge in [0.25, 0.3) is 5.56 Å². The smallest absolute Gasteiger partial charge is 0.262 e. The van der Waals surface area contributed by atoms with Gasteiger partial charge < -0.3 is 4.90 Å². The van der Waals surface area contributed by atoms with E-state index in [-0.39, 0.29) is 18.0 Å². The van der Waals surface area contributed by atoms with Gasteiger partial charge in [0.15, 0.2) is 0 Å². The maximum Gasteiger partial charge on any atom is 0.262 e. The number of hydrogen-bond donors (Lipinski definition) is 0. The Hall–Kier alpha value is -2.47. The molecule has 0 spiro atoms. The van der Waals surface area contributed by atoms with Crippen molar-refractivity contribution in [2.24, 2.45) is 0 Å². The molecule has 0 atom stereocenters. The van der Waals surface area contributed by atoms with Crippen molar-refractivity contribution in [3.8, 4) is 0 Å². The van der Waals surface area contributed by atoms with Gasteiger partial charge in [-0.15, -0.1) is 11.3 Å². The minimum Gasteiger partial charge on any atom is -0.340 e. The monoisotopic (exact) mass is 395 g/mol. The number of benzene rings is 1. The van der Waals surface area contributed by atoms with Gasteiger partial charge in [-0.05, 0) is 56.2 Å². The first kappa shape index (κ1) is 18.9. The van der Waals surface area contributed by atoms with Gasteiger partial charge in [0, 0.05) is 18.5 Å². The summed E-state index contributed by atoms with van der Waals surface area (Å²) in [4.78, 5) is 34.0. The molecule has 0 saturated heterocycles. The Bertz CT molecular complexity index is 1110. The molecule has 0 N–H and O–H groups in total. The van der Waals surface area contributed by atoms with Gasteiger partial charge >= 0.3 is 0 Å². The molecule has 0 unspecified atom stereocenters. The average molecular weight is 396 g/mol. The van der Waals surface area contributed by atoms with E-state index in [0.29, 0.717) is 6.54 Å². The molecule has 1 amide bonds. The summed E-state index contributed by atoms with van der Waals surface area (Å²) in [5.41, 5.74) is 4.58. The number of amides is 1. The third kappa shape index (κ3) is 3.49. The second kappa shape index (κ2) is 7.51. The van der Waals surface area contributed by atoms with Crippen LogP contribution in [0.1, 0.15) is 40.0 Å². The van der Waals surface area contributed by atoms with Crippen molar-refractivity contribution in [1.82, 2.24) is 14.5 Å². The molecule has 2 aromatic heterocycles. The molecule has 0 bridgehead atoms. The maximum atomic E-state index is 13.0. The lowest BCUT2D eigenvalue weighted by Crippen LogP contribution is -2.34. The van der Waals surface area contributed by atoms with Crippen LogP contribution < -0.4 is 5.56 Å². The van der Waals surface area contributed by atoms with Crippen LogP contribution in [0.5, 0.6) is 0 Å². The number of carbonyl (C=O) groups is 1. The minimum absolute atomic E-state index is 0.0216. The summed E-state index contributed by atoms with van der Waals surface area (Å²) in [6, 6.07) is 6.24. The van der Waals surface area contributed by atoms with Gasteiger partial charge in [0.1, 0.15) is 11.4 Å². The molecule has 3 aromatic rings. The fraction of sp³-hybridized carbons (Fsp3) is 0.409. The molecular formula is C22H25N3O2S. The van der Waals surface area contributed by atoms with E-state index in [1.165, 1.54) is 33.3 Å². The van der Waals surface area contributed by atoms with Crippen LogP contribution in [0, 0.1) is 13.8 Å². The summed E-state index contributed by atoms with van der Waals surface area (Å²) in [7, 11) is 1.78. The van der Waals surface area contributed by atoms with Crippen molar-refractivity contribution in [3.63, 3.8) is 0 Å². The summed E-state index contributed by atoms with van der Waals surface area (Å²) in [6.45, 7) is 4.67. The zero-order chi connectivity index (χ0) is 19.8. The number of carbonyl (C=O) groups excluding carboxylic acids is 1. The molecule has 2 heterocycles. The van der Waals surface area contributed by atoms with Crippen LogP contribution in [0.2, 0.25) is 0 Å². The first-order chi connectivity index (χ1) is 13.4. The first-order valence-corrected chi connectivity index (χ1v) is 10.6. The fourth-order valence-electron chi connectivity index (χ4n) is 3.93. The molecule has 0 radical (unpaired) electrons. The molecule has 0 saturated carbocycles. The normalized spacial score (nSPS) is 13.5. The third-order valence-electron chi connectivity index (χ3n) is 5.58. The standard InChI is InChI=1S/C22H25N3O2S/c1-14-8-9-16(15(2)10-14)11-24(3)19(26)12-25-13-23-21-20(22(25)27)17-6-4-5-7-18(17)28-21/h8-10,13H,4-7,11-12H2,1-3H3. The summed E-state index contributed by atoms with van der Waals surface area (Å²) in [5, 5.41) is 0.729. The van der Waals surface area contributed by atoms with Crippen LogP contribution in [-0.2, 0) is 30.7 Å². The van der Waals surface area contributed by atoms with E-state index in [9.17, 15) is 9.59 Å². The number of hydrogen-bond acceptors (Lipinski definition) is 4. The van der Waals surface area contributed by atoms with Crippen LogP contribution in [-0.4, -0.2) is 27.4 Å². The van der Waals surface area contributed by atoms with Crippen molar-refractivity contribution in [1.29, 1.82) is 0 Å². The molecule has 1 aliphatic carbocycles. The predicted molar refractivity (Wildman–Crippen MR) is 113 cm³/mol. The topological polar surface area (TPSA) is 55.2 Å². The van der Waals surface area contributed by atoms with Gasteiger partial charge in [-0.3, -0.25) is 14.2 Å². The summed E-state index contributed by atoms with van der Waals surface area (Å²) in [6.07, 6.45) is 5.79. The lowest BCUT2D eigenvalue weighted by atomic mass is 9.97. The first-order valence-electron chi connectivity index (χ1n) is 9.74. The Morgan fingerprint density at radius 3 is 2.82 bits per heavy atom. The highest BCUT2D eigenvalue weighted by molar-refractivity contribution is 7.18. The number of nitrogens with zero attached hydrogens (tertiary/aromatic N) is 3. The average Bonchev–Trinajstić information content (AvgIpc) is 3.05. The van der Waals surface area contributed by atoms with Crippen molar-refractivity contribution in [3.05, 3.63) is 62.0 Å². The van der Waals surface area contributed by atoms with E-state index in [1.54, 1.807) is 23.3 Å². The zero-order valence-electron chi connectivity index (χ0n) is 16.6. The fourth-order valence-corrected chi connectivity index (χ4v) is 5.15. The highest BCUT2D eigenvalue weighted by Gasteiger charge is 2.21. The van der Waals surface area contributed by atoms with E-state index < -0.39 is 0 Å². The van der Waals surface area contributed by atoms with Gasteiger partial charge in [-0.1, -0.05) is 23.8 Å². The van der Waals surface area contributed by atoms with Gasteiger partial charge in [-0.25, -0.2) is 4.98 Å². The SMILES string of the molecule is Cc1ccc(CN(C)C(=O)Cn2cnc3sc4c(c3c2=O)CCCC4)c(C)c1. The Balaban J connectivity index is 1.56. The second-order valence-electron chi connectivity index (χ2n) is 7.75. The Morgan fingerprint density at radius 2 is 2.04 bits per heavy atom. The van der Waals surface area contributed by atoms with E-state index in [2.05, 4.69) is 37.0 Å². The van der Waals surface area contributed by atoms with Gasteiger partial charge in [0.2, 0.25) is 5.91 Å². The maximum absolute atomic E-state index is 13.0. The number of rotatable bonds is 4. The van der Waals surface area contributed by atoms with Crippen molar-refractivity contribution >= 4 is 27.5 Å². The van der Waals surface area contributed by atoms with E-state index in [1.807, 2.05) is 0 Å². The number of aryl methyl sites for hydroxylation is 4. The van der Waals surface area contributed by atoms with E-state index in [4.69, 9.17) is 0 Å². The molecule has 5 nitrogen and oxygen atoms in total. The number of thiophene rings is 1.